The molecule has 5 atom stereocenters. The average molecular weight is 819 g/mol. The predicted molar refractivity (Wildman–Crippen MR) is 220 cm³/mol. The van der Waals surface area contributed by atoms with Crippen LogP contribution in [0.25, 0.3) is 0 Å². The standard InChI is InChI=1S/C43H55N4O10P/c1-29(2)47(30(3)4)58(55-24-12-23-44)57-38-37(56-41(39(38)53-26-25-50-6)46-27-31(5)40(48)45-42(46)49)28-54-43(32-13-10-9-11-14-32,33-15-19-35(51-7)20-16-33)34-17-21-36(52-8)22-18-34/h9-11,13-22,27,29-30,37-39,41H,12,24-26,28H2,1-8H3,(H,45,48,49)/t37-,38-,39-,41-,58-/m1/s1. The number of benzene rings is 3. The number of hydrogen-bond acceptors (Lipinski definition) is 12. The molecule has 0 bridgehead atoms. The third-order valence-electron chi connectivity index (χ3n) is 9.82. The fourth-order valence-corrected chi connectivity index (χ4v) is 8.86. The van der Waals surface area contributed by atoms with Crippen LogP contribution in [-0.4, -0.2) is 92.4 Å². The molecule has 5 rings (SSSR count). The SMILES string of the molecule is COCCO[C@@H]1[C@H](O[P@@](OCCC#N)N(C(C)C)C(C)C)[C@@H](COC(c2ccccc2)(c2ccc(OC)cc2)c2ccc(OC)cc2)O[C@H]1n1cc(C)c(=O)[nH]c1=O. The van der Waals surface area contributed by atoms with E-state index in [9.17, 15) is 14.9 Å². The van der Waals surface area contributed by atoms with E-state index in [0.717, 1.165) is 16.7 Å². The molecule has 15 heteroatoms. The van der Waals surface area contributed by atoms with Crippen molar-refractivity contribution in [1.82, 2.24) is 14.2 Å². The topological polar surface area (TPSA) is 156 Å². The van der Waals surface area contributed by atoms with Gasteiger partial charge < -0.3 is 37.5 Å². The fourth-order valence-electron chi connectivity index (χ4n) is 7.09. The van der Waals surface area contributed by atoms with E-state index >= 15 is 0 Å². The Morgan fingerprint density at radius 1 is 0.845 bits per heavy atom. The highest BCUT2D eigenvalue weighted by Crippen LogP contribution is 2.51. The molecular formula is C43H55N4O10P. The van der Waals surface area contributed by atoms with Crippen LogP contribution in [0.15, 0.2) is 94.6 Å². The molecule has 0 amide bonds. The van der Waals surface area contributed by atoms with Gasteiger partial charge in [0.15, 0.2) is 6.23 Å². The second-order valence-corrected chi connectivity index (χ2v) is 15.7. The van der Waals surface area contributed by atoms with Gasteiger partial charge in [-0.1, -0.05) is 54.6 Å². The summed E-state index contributed by atoms with van der Waals surface area (Å²) in [6, 6.07) is 27.4. The molecule has 1 aliphatic heterocycles. The van der Waals surface area contributed by atoms with Gasteiger partial charge in [0.2, 0.25) is 0 Å². The van der Waals surface area contributed by atoms with Crippen molar-refractivity contribution in [3.05, 3.63) is 128 Å². The van der Waals surface area contributed by atoms with Crippen molar-refractivity contribution in [3.8, 4) is 17.6 Å². The monoisotopic (exact) mass is 818 g/mol. The summed E-state index contributed by atoms with van der Waals surface area (Å²) >= 11 is 0. The molecule has 1 fully saturated rings. The van der Waals surface area contributed by atoms with E-state index < -0.39 is 49.9 Å². The Morgan fingerprint density at radius 3 is 1.97 bits per heavy atom. The summed E-state index contributed by atoms with van der Waals surface area (Å²) in [5, 5.41) is 9.42. The number of nitrogens with zero attached hydrogens (tertiary/aromatic N) is 3. The molecule has 1 N–H and O–H groups in total. The Bertz CT molecular complexity index is 1980. The molecule has 1 aromatic heterocycles. The Balaban J connectivity index is 1.69. The van der Waals surface area contributed by atoms with E-state index in [4.69, 9.17) is 37.5 Å². The van der Waals surface area contributed by atoms with Crippen molar-refractivity contribution < 1.29 is 37.5 Å². The minimum atomic E-state index is -1.82. The molecule has 0 radical (unpaired) electrons. The van der Waals surface area contributed by atoms with Crippen LogP contribution in [0, 0.1) is 18.3 Å². The van der Waals surface area contributed by atoms with E-state index in [-0.39, 0.29) is 44.9 Å². The molecule has 4 aromatic rings. The Morgan fingerprint density at radius 2 is 1.43 bits per heavy atom. The van der Waals surface area contributed by atoms with Gasteiger partial charge in [0.1, 0.15) is 35.4 Å². The number of nitrogens with one attached hydrogen (secondary N) is 1. The lowest BCUT2D eigenvalue weighted by molar-refractivity contribution is -0.0991. The number of aryl methyl sites for hydroxylation is 1. The Labute approximate surface area is 341 Å². The summed E-state index contributed by atoms with van der Waals surface area (Å²) in [6.07, 6.45) is -2.12. The second kappa shape index (κ2) is 21.0. The van der Waals surface area contributed by atoms with Crippen molar-refractivity contribution in [2.75, 3.05) is 47.8 Å². The predicted octanol–water partition coefficient (Wildman–Crippen LogP) is 6.46. The third kappa shape index (κ3) is 10.2. The van der Waals surface area contributed by atoms with Crippen LogP contribution in [0.1, 0.15) is 62.6 Å². The highest BCUT2D eigenvalue weighted by Gasteiger charge is 2.51. The zero-order chi connectivity index (χ0) is 41.8. The van der Waals surface area contributed by atoms with Crippen LogP contribution in [-0.2, 0) is 33.6 Å². The number of aromatic nitrogens is 2. The lowest BCUT2D eigenvalue weighted by Crippen LogP contribution is -2.44. The van der Waals surface area contributed by atoms with E-state index in [1.54, 1.807) is 28.3 Å². The zero-order valence-corrected chi connectivity index (χ0v) is 35.3. The number of methoxy groups -OCH3 is 3. The maximum atomic E-state index is 13.5. The first-order valence-corrected chi connectivity index (χ1v) is 20.4. The van der Waals surface area contributed by atoms with Crippen LogP contribution in [0.2, 0.25) is 0 Å². The highest BCUT2D eigenvalue weighted by atomic mass is 31.2. The quantitative estimate of drug-likeness (QED) is 0.0557. The molecule has 0 spiro atoms. The van der Waals surface area contributed by atoms with E-state index in [2.05, 4.69) is 15.7 Å². The molecule has 14 nitrogen and oxygen atoms in total. The summed E-state index contributed by atoms with van der Waals surface area (Å²) in [4.78, 5) is 28.5. The van der Waals surface area contributed by atoms with Gasteiger partial charge in [-0.3, -0.25) is 14.3 Å². The van der Waals surface area contributed by atoms with Gasteiger partial charge >= 0.3 is 5.69 Å². The van der Waals surface area contributed by atoms with Crippen molar-refractivity contribution in [2.24, 2.45) is 0 Å². The molecule has 0 saturated carbocycles. The molecule has 1 aliphatic rings. The first-order valence-electron chi connectivity index (χ1n) is 19.3. The number of nitriles is 1. The highest BCUT2D eigenvalue weighted by molar-refractivity contribution is 7.44. The molecule has 312 valence electrons. The minimum Gasteiger partial charge on any atom is -0.497 e. The zero-order valence-electron chi connectivity index (χ0n) is 34.5. The van der Waals surface area contributed by atoms with Crippen LogP contribution in [0.3, 0.4) is 0 Å². The number of aromatic amines is 1. The Kier molecular flexibility index (Phi) is 16.2. The van der Waals surface area contributed by atoms with Gasteiger partial charge in [0, 0.05) is 31.0 Å². The van der Waals surface area contributed by atoms with Gasteiger partial charge in [0.25, 0.3) is 14.1 Å². The molecule has 58 heavy (non-hydrogen) atoms. The van der Waals surface area contributed by atoms with Crippen LogP contribution in [0.5, 0.6) is 11.5 Å². The van der Waals surface area contributed by atoms with Crippen molar-refractivity contribution >= 4 is 8.53 Å². The molecule has 3 aromatic carbocycles. The van der Waals surface area contributed by atoms with Gasteiger partial charge in [0.05, 0.1) is 53.1 Å². The lowest BCUT2D eigenvalue weighted by Gasteiger charge is -2.39. The Hall–Kier alpha value is -4.42. The van der Waals surface area contributed by atoms with Crippen molar-refractivity contribution in [2.45, 2.75) is 83.3 Å². The first-order chi connectivity index (χ1) is 28.0. The first kappa shape index (κ1) is 44.7. The average Bonchev–Trinajstić information content (AvgIpc) is 3.56. The molecular weight excluding hydrogens is 763 g/mol. The van der Waals surface area contributed by atoms with Gasteiger partial charge in [-0.25, -0.2) is 9.46 Å². The van der Waals surface area contributed by atoms with Crippen molar-refractivity contribution in [1.29, 1.82) is 5.26 Å². The fraction of sp³-hybridized carbons (Fsp3) is 0.465. The lowest BCUT2D eigenvalue weighted by atomic mass is 9.80. The smallest absolute Gasteiger partial charge is 0.330 e. The summed E-state index contributed by atoms with van der Waals surface area (Å²) in [5.74, 6) is 1.36. The molecule has 2 heterocycles. The van der Waals surface area contributed by atoms with Gasteiger partial charge in [-0.2, -0.15) is 5.26 Å². The largest absolute Gasteiger partial charge is 0.497 e. The van der Waals surface area contributed by atoms with Crippen LogP contribution < -0.4 is 20.7 Å². The normalized spacial score (nSPS) is 18.8. The van der Waals surface area contributed by atoms with Crippen LogP contribution >= 0.6 is 8.53 Å². The number of rotatable bonds is 21. The van der Waals surface area contributed by atoms with E-state index in [1.807, 2.05) is 107 Å². The summed E-state index contributed by atoms with van der Waals surface area (Å²) in [5.41, 5.74) is 0.384. The molecule has 1 saturated heterocycles. The second-order valence-electron chi connectivity index (χ2n) is 14.3. The minimum absolute atomic E-state index is 0.00535. The van der Waals surface area contributed by atoms with E-state index in [1.165, 1.54) is 10.8 Å². The number of ether oxygens (including phenoxy) is 6. The summed E-state index contributed by atoms with van der Waals surface area (Å²) in [7, 11) is 2.98. The summed E-state index contributed by atoms with van der Waals surface area (Å²) in [6.45, 7) is 10.3. The summed E-state index contributed by atoms with van der Waals surface area (Å²) < 4.78 is 54.0. The van der Waals surface area contributed by atoms with Crippen LogP contribution in [0.4, 0.5) is 0 Å². The molecule has 0 unspecified atom stereocenters. The maximum absolute atomic E-state index is 13.5. The maximum Gasteiger partial charge on any atom is 0.330 e. The van der Waals surface area contributed by atoms with Gasteiger partial charge in [-0.05, 0) is 75.6 Å². The van der Waals surface area contributed by atoms with Crippen molar-refractivity contribution in [3.63, 3.8) is 0 Å². The third-order valence-corrected chi connectivity index (χ3v) is 11.9. The number of hydrogen-bond donors (Lipinski definition) is 1. The number of H-pyrrole nitrogens is 1. The molecule has 0 aliphatic carbocycles. The van der Waals surface area contributed by atoms with Gasteiger partial charge in [-0.15, -0.1) is 0 Å². The van der Waals surface area contributed by atoms with E-state index in [0.29, 0.717) is 17.1 Å².